The second-order valence-electron chi connectivity index (χ2n) is 3.28. The van der Waals surface area contributed by atoms with Gasteiger partial charge in [-0.3, -0.25) is 9.48 Å². The molecule has 0 saturated heterocycles. The largest absolute Gasteiger partial charge is 0.481 e. The molecule has 2 unspecified atom stereocenters. The summed E-state index contributed by atoms with van der Waals surface area (Å²) >= 11 is 0. The van der Waals surface area contributed by atoms with E-state index in [9.17, 15) is 9.18 Å². The third-order valence-corrected chi connectivity index (χ3v) is 1.99. The molecule has 1 N–H and O–H groups in total. The molecule has 0 amide bonds. The first-order valence-corrected chi connectivity index (χ1v) is 4.41. The molecule has 0 aliphatic rings. The van der Waals surface area contributed by atoms with Gasteiger partial charge in [0.1, 0.15) is 6.17 Å². The molecule has 4 nitrogen and oxygen atoms in total. The van der Waals surface area contributed by atoms with Gasteiger partial charge in [-0.15, -0.1) is 0 Å². The van der Waals surface area contributed by atoms with Crippen LogP contribution in [-0.4, -0.2) is 27.0 Å². The monoisotopic (exact) mass is 200 g/mol. The van der Waals surface area contributed by atoms with E-state index in [4.69, 9.17) is 5.11 Å². The molecule has 5 heteroatoms. The molecule has 0 radical (unpaired) electrons. The smallest absolute Gasteiger partial charge is 0.312 e. The van der Waals surface area contributed by atoms with E-state index in [2.05, 4.69) is 5.10 Å². The number of rotatable bonds is 4. The van der Waals surface area contributed by atoms with Crippen LogP contribution in [0, 0.1) is 0 Å². The summed E-state index contributed by atoms with van der Waals surface area (Å²) in [5.74, 6) is -1.59. The minimum atomic E-state index is -1.03. The lowest BCUT2D eigenvalue weighted by Crippen LogP contribution is -2.17. The Bertz CT molecular complexity index is 322. The summed E-state index contributed by atoms with van der Waals surface area (Å²) in [5.41, 5.74) is 0.530. The van der Waals surface area contributed by atoms with Crippen LogP contribution in [0.5, 0.6) is 0 Å². The van der Waals surface area contributed by atoms with Crippen LogP contribution in [0.25, 0.3) is 0 Å². The zero-order valence-electron chi connectivity index (χ0n) is 8.14. The maximum absolute atomic E-state index is 12.7. The van der Waals surface area contributed by atoms with Crippen LogP contribution in [0.15, 0.2) is 12.3 Å². The van der Waals surface area contributed by atoms with Crippen molar-refractivity contribution in [2.24, 2.45) is 0 Å². The molecule has 78 valence electrons. The fourth-order valence-electron chi connectivity index (χ4n) is 1.23. The highest BCUT2D eigenvalue weighted by molar-refractivity contribution is 5.74. The Kier molecular flexibility index (Phi) is 3.22. The highest BCUT2D eigenvalue weighted by Gasteiger charge is 2.18. The van der Waals surface area contributed by atoms with Gasteiger partial charge in [-0.05, 0) is 19.9 Å². The lowest BCUT2D eigenvalue weighted by molar-refractivity contribution is -0.138. The third-order valence-electron chi connectivity index (χ3n) is 1.99. The van der Waals surface area contributed by atoms with Crippen molar-refractivity contribution in [2.45, 2.75) is 32.5 Å². The highest BCUT2D eigenvalue weighted by Crippen LogP contribution is 2.15. The first kappa shape index (κ1) is 10.7. The predicted octanol–water partition coefficient (Wildman–Crippen LogP) is 1.43. The number of halogens is 1. The van der Waals surface area contributed by atoms with Crippen LogP contribution in [-0.2, 0) is 11.3 Å². The Morgan fingerprint density at radius 2 is 2.36 bits per heavy atom. The van der Waals surface area contributed by atoms with Crippen LogP contribution >= 0.6 is 0 Å². The van der Waals surface area contributed by atoms with Gasteiger partial charge < -0.3 is 5.11 Å². The molecule has 14 heavy (non-hydrogen) atoms. The molecule has 0 saturated carbocycles. The van der Waals surface area contributed by atoms with Gasteiger partial charge in [-0.2, -0.15) is 5.10 Å². The van der Waals surface area contributed by atoms with Gasteiger partial charge in [-0.25, -0.2) is 4.39 Å². The molecule has 1 aromatic rings. The van der Waals surface area contributed by atoms with Gasteiger partial charge in [0.05, 0.1) is 18.2 Å². The molecule has 0 aliphatic heterocycles. The minimum Gasteiger partial charge on any atom is -0.481 e. The molecule has 0 spiro atoms. The Morgan fingerprint density at radius 3 is 2.86 bits per heavy atom. The van der Waals surface area contributed by atoms with E-state index in [1.807, 2.05) is 0 Å². The van der Waals surface area contributed by atoms with Crippen LogP contribution in [0.1, 0.15) is 25.5 Å². The van der Waals surface area contributed by atoms with E-state index in [1.165, 1.54) is 17.8 Å². The number of carboxylic acids is 1. The fraction of sp³-hybridized carbons (Fsp3) is 0.556. The lowest BCUT2D eigenvalue weighted by Gasteiger charge is -2.10. The van der Waals surface area contributed by atoms with Gasteiger partial charge in [-0.1, -0.05) is 0 Å². The summed E-state index contributed by atoms with van der Waals surface area (Å²) in [6, 6.07) is 1.60. The number of hydrogen-bond donors (Lipinski definition) is 1. The molecular formula is C9H13FN2O2. The minimum absolute atomic E-state index is 0.0972. The van der Waals surface area contributed by atoms with Crippen molar-refractivity contribution in [2.75, 3.05) is 0 Å². The van der Waals surface area contributed by atoms with Crippen LogP contribution < -0.4 is 0 Å². The quantitative estimate of drug-likeness (QED) is 0.799. The van der Waals surface area contributed by atoms with Crippen molar-refractivity contribution in [3.63, 3.8) is 0 Å². The van der Waals surface area contributed by atoms with Gasteiger partial charge >= 0.3 is 5.97 Å². The lowest BCUT2D eigenvalue weighted by atomic mass is 10.1. The number of hydrogen-bond acceptors (Lipinski definition) is 2. The van der Waals surface area contributed by atoms with E-state index >= 15 is 0 Å². The summed E-state index contributed by atoms with van der Waals surface area (Å²) in [6.07, 6.45) is 0.451. The standard InChI is InChI=1S/C9H13FN2O2/c1-6(10)5-12-8(3-4-11-12)7(2)9(13)14/h3-4,6-7H,5H2,1-2H3,(H,13,14). The average Bonchev–Trinajstić information content (AvgIpc) is 2.49. The Balaban J connectivity index is 2.86. The molecule has 2 atom stereocenters. The number of alkyl halides is 1. The SMILES string of the molecule is CC(F)Cn1nccc1C(C)C(=O)O. The highest BCUT2D eigenvalue weighted by atomic mass is 19.1. The van der Waals surface area contributed by atoms with E-state index < -0.39 is 18.1 Å². The average molecular weight is 200 g/mol. The Labute approximate surface area is 81.3 Å². The second kappa shape index (κ2) is 4.21. The van der Waals surface area contributed by atoms with Gasteiger partial charge in [0.25, 0.3) is 0 Å². The van der Waals surface area contributed by atoms with Crippen LogP contribution in [0.2, 0.25) is 0 Å². The van der Waals surface area contributed by atoms with Gasteiger partial charge in [0.2, 0.25) is 0 Å². The van der Waals surface area contributed by atoms with Gasteiger partial charge in [0.15, 0.2) is 0 Å². The summed E-state index contributed by atoms with van der Waals surface area (Å²) in [5, 5.41) is 12.7. The zero-order chi connectivity index (χ0) is 10.7. The van der Waals surface area contributed by atoms with Crippen molar-refractivity contribution in [1.82, 2.24) is 9.78 Å². The molecular weight excluding hydrogens is 187 g/mol. The zero-order valence-corrected chi connectivity index (χ0v) is 8.14. The summed E-state index contributed by atoms with van der Waals surface area (Å²) in [6.45, 7) is 3.07. The van der Waals surface area contributed by atoms with E-state index in [1.54, 1.807) is 13.0 Å². The van der Waals surface area contributed by atoms with E-state index in [0.29, 0.717) is 5.69 Å². The number of carbonyl (C=O) groups is 1. The topological polar surface area (TPSA) is 55.1 Å². The van der Waals surface area contributed by atoms with Crippen molar-refractivity contribution in [3.8, 4) is 0 Å². The normalized spacial score (nSPS) is 15.1. The third kappa shape index (κ3) is 2.31. The number of carboxylic acid groups (broad SMARTS) is 1. The molecule has 1 aromatic heterocycles. The molecule has 1 heterocycles. The molecule has 0 aromatic carbocycles. The van der Waals surface area contributed by atoms with Crippen LogP contribution in [0.4, 0.5) is 4.39 Å². The number of aliphatic carboxylic acids is 1. The Morgan fingerprint density at radius 1 is 1.71 bits per heavy atom. The predicted molar refractivity (Wildman–Crippen MR) is 48.8 cm³/mol. The maximum atomic E-state index is 12.7. The molecule has 0 aliphatic carbocycles. The van der Waals surface area contributed by atoms with Crippen LogP contribution in [0.3, 0.4) is 0 Å². The number of nitrogens with zero attached hydrogens (tertiary/aromatic N) is 2. The van der Waals surface area contributed by atoms with Crippen molar-refractivity contribution in [1.29, 1.82) is 0 Å². The van der Waals surface area contributed by atoms with E-state index in [0.717, 1.165) is 0 Å². The first-order chi connectivity index (χ1) is 6.52. The first-order valence-electron chi connectivity index (χ1n) is 4.41. The van der Waals surface area contributed by atoms with Crippen molar-refractivity contribution in [3.05, 3.63) is 18.0 Å². The summed E-state index contributed by atoms with van der Waals surface area (Å²) < 4.78 is 14.1. The summed E-state index contributed by atoms with van der Waals surface area (Å²) in [4.78, 5) is 10.7. The van der Waals surface area contributed by atoms with Gasteiger partial charge in [0, 0.05) is 6.20 Å². The van der Waals surface area contributed by atoms with Crippen molar-refractivity contribution < 1.29 is 14.3 Å². The fourth-order valence-corrected chi connectivity index (χ4v) is 1.23. The maximum Gasteiger partial charge on any atom is 0.312 e. The van der Waals surface area contributed by atoms with Crippen molar-refractivity contribution >= 4 is 5.97 Å². The van der Waals surface area contributed by atoms with E-state index in [-0.39, 0.29) is 6.54 Å². The second-order valence-corrected chi connectivity index (χ2v) is 3.28. The molecule has 0 fully saturated rings. The molecule has 0 bridgehead atoms. The summed E-state index contributed by atoms with van der Waals surface area (Å²) in [7, 11) is 0. The molecule has 1 rings (SSSR count). The Hall–Kier alpha value is -1.39. The number of aromatic nitrogens is 2.